The van der Waals surface area contributed by atoms with Crippen LogP contribution in [0.15, 0.2) is 45.6 Å². The molecule has 32 heavy (non-hydrogen) atoms. The second-order valence-corrected chi connectivity index (χ2v) is 10.5. The number of nitriles is 1. The highest BCUT2D eigenvalue weighted by molar-refractivity contribution is 7.99. The molecule has 0 radical (unpaired) electrons. The number of aryl methyl sites for hydroxylation is 2. The van der Waals surface area contributed by atoms with Gasteiger partial charge in [0.05, 0.1) is 26.7 Å². The van der Waals surface area contributed by atoms with E-state index in [0.717, 1.165) is 34.5 Å². The molecule has 0 saturated heterocycles. The number of sulfonamides is 1. The van der Waals surface area contributed by atoms with Crippen molar-refractivity contribution in [3.63, 3.8) is 0 Å². The number of pyridine rings is 1. The number of aromatic nitrogens is 2. The molecule has 0 saturated carbocycles. The summed E-state index contributed by atoms with van der Waals surface area (Å²) in [4.78, 5) is 8.41. The highest BCUT2D eigenvalue weighted by atomic mass is 32.2. The summed E-state index contributed by atoms with van der Waals surface area (Å²) in [6, 6.07) is 7.33. The average molecular weight is 499 g/mol. The fourth-order valence-corrected chi connectivity index (χ4v) is 5.44. The first-order valence-corrected chi connectivity index (χ1v) is 12.5. The van der Waals surface area contributed by atoms with Gasteiger partial charge in [-0.2, -0.15) is 18.4 Å². The van der Waals surface area contributed by atoms with Crippen molar-refractivity contribution in [3.8, 4) is 17.3 Å². The quantitative estimate of drug-likeness (QED) is 0.372. The average Bonchev–Trinajstić information content (AvgIpc) is 3.17. The fraction of sp³-hybridized carbons (Fsp3) is 0.250. The summed E-state index contributed by atoms with van der Waals surface area (Å²) >= 11 is 2.67. The van der Waals surface area contributed by atoms with Crippen molar-refractivity contribution in [2.45, 2.75) is 29.9 Å². The molecule has 0 amide bonds. The summed E-state index contributed by atoms with van der Waals surface area (Å²) in [5, 5.41) is 12.7. The van der Waals surface area contributed by atoms with Gasteiger partial charge in [-0.1, -0.05) is 6.07 Å². The molecule has 0 aliphatic heterocycles. The van der Waals surface area contributed by atoms with Crippen LogP contribution in [0.2, 0.25) is 0 Å². The Morgan fingerprint density at radius 2 is 1.97 bits per heavy atom. The maximum absolute atomic E-state index is 12.8. The van der Waals surface area contributed by atoms with Crippen LogP contribution in [-0.4, -0.2) is 30.7 Å². The summed E-state index contributed by atoms with van der Waals surface area (Å²) in [6.45, 7) is 3.63. The zero-order valence-corrected chi connectivity index (χ0v) is 19.3. The second-order valence-electron chi connectivity index (χ2n) is 6.61. The first-order chi connectivity index (χ1) is 15.0. The predicted octanol–water partition coefficient (Wildman–Crippen LogP) is 4.78. The fourth-order valence-electron chi connectivity index (χ4n) is 2.77. The molecule has 12 heteroatoms. The highest BCUT2D eigenvalue weighted by Gasteiger charge is 2.31. The minimum Gasteiger partial charge on any atom is -0.245 e. The van der Waals surface area contributed by atoms with Gasteiger partial charge in [0.25, 0.3) is 0 Å². The summed E-state index contributed by atoms with van der Waals surface area (Å²) < 4.78 is 65.5. The Hall–Kier alpha value is -2.46. The lowest BCUT2D eigenvalue weighted by molar-refractivity contribution is -0.137. The van der Waals surface area contributed by atoms with Crippen molar-refractivity contribution in [2.24, 2.45) is 0 Å². The first kappa shape index (κ1) is 24.2. The molecule has 2 heterocycles. The molecule has 2 aromatic heterocycles. The SMILES string of the molecule is Cc1nc(-c2cc(C#N)c(SCCNS(=O)(=O)c3cccc(C(F)(F)F)c3)nc2C)cs1. The van der Waals surface area contributed by atoms with E-state index in [4.69, 9.17) is 0 Å². The van der Waals surface area contributed by atoms with Crippen molar-refractivity contribution in [2.75, 3.05) is 12.3 Å². The van der Waals surface area contributed by atoms with E-state index < -0.39 is 26.7 Å². The number of rotatable bonds is 7. The first-order valence-electron chi connectivity index (χ1n) is 9.15. The van der Waals surface area contributed by atoms with E-state index in [2.05, 4.69) is 20.8 Å². The maximum atomic E-state index is 12.8. The van der Waals surface area contributed by atoms with Crippen LogP contribution in [0.5, 0.6) is 0 Å². The Bertz CT molecular complexity index is 1280. The largest absolute Gasteiger partial charge is 0.416 e. The zero-order valence-electron chi connectivity index (χ0n) is 16.9. The van der Waals surface area contributed by atoms with E-state index in [1.54, 1.807) is 13.0 Å². The van der Waals surface area contributed by atoms with Crippen molar-refractivity contribution in [3.05, 3.63) is 57.5 Å². The normalized spacial score (nSPS) is 12.0. The van der Waals surface area contributed by atoms with E-state index in [0.29, 0.717) is 22.3 Å². The Morgan fingerprint density at radius 3 is 2.59 bits per heavy atom. The smallest absolute Gasteiger partial charge is 0.245 e. The van der Waals surface area contributed by atoms with E-state index in [-0.39, 0.29) is 12.3 Å². The van der Waals surface area contributed by atoms with E-state index >= 15 is 0 Å². The molecule has 3 aromatic rings. The van der Waals surface area contributed by atoms with E-state index in [9.17, 15) is 26.9 Å². The highest BCUT2D eigenvalue weighted by Crippen LogP contribution is 2.31. The number of hydrogen-bond acceptors (Lipinski definition) is 7. The number of thioether (sulfide) groups is 1. The van der Waals surface area contributed by atoms with Crippen molar-refractivity contribution in [1.82, 2.24) is 14.7 Å². The minimum absolute atomic E-state index is 0.0537. The van der Waals surface area contributed by atoms with Gasteiger partial charge in [0.2, 0.25) is 10.0 Å². The van der Waals surface area contributed by atoms with Gasteiger partial charge in [0.15, 0.2) is 0 Å². The van der Waals surface area contributed by atoms with Gasteiger partial charge in [-0.15, -0.1) is 23.1 Å². The molecule has 0 atom stereocenters. The lowest BCUT2D eigenvalue weighted by Gasteiger charge is -2.11. The Balaban J connectivity index is 1.68. The molecule has 0 fully saturated rings. The molecule has 0 aliphatic carbocycles. The topological polar surface area (TPSA) is 95.7 Å². The summed E-state index contributed by atoms with van der Waals surface area (Å²) in [5.74, 6) is 0.231. The van der Waals surface area contributed by atoms with Crippen LogP contribution < -0.4 is 4.72 Å². The van der Waals surface area contributed by atoms with Gasteiger partial charge in [-0.3, -0.25) is 0 Å². The molecule has 0 spiro atoms. The Kier molecular flexibility index (Phi) is 7.24. The monoisotopic (exact) mass is 498 g/mol. The maximum Gasteiger partial charge on any atom is 0.416 e. The number of hydrogen-bond donors (Lipinski definition) is 1. The van der Waals surface area contributed by atoms with Crippen molar-refractivity contribution in [1.29, 1.82) is 5.26 Å². The van der Waals surface area contributed by atoms with Crippen LogP contribution in [0, 0.1) is 25.2 Å². The number of nitrogens with one attached hydrogen (secondary N) is 1. The zero-order chi connectivity index (χ0) is 23.5. The summed E-state index contributed by atoms with van der Waals surface area (Å²) in [7, 11) is -4.12. The third-order valence-corrected chi connectivity index (χ3v) is 7.52. The minimum atomic E-state index is -4.64. The predicted molar refractivity (Wildman–Crippen MR) is 117 cm³/mol. The van der Waals surface area contributed by atoms with Gasteiger partial charge in [-0.05, 0) is 38.1 Å². The lowest BCUT2D eigenvalue weighted by Crippen LogP contribution is -2.26. The van der Waals surface area contributed by atoms with Crippen LogP contribution in [0.25, 0.3) is 11.3 Å². The Morgan fingerprint density at radius 1 is 1.22 bits per heavy atom. The van der Waals surface area contributed by atoms with Crippen molar-refractivity contribution >= 4 is 33.1 Å². The molecule has 0 unspecified atom stereocenters. The number of alkyl halides is 3. The molecule has 6 nitrogen and oxygen atoms in total. The van der Waals surface area contributed by atoms with Crippen LogP contribution >= 0.6 is 23.1 Å². The molecule has 3 rings (SSSR count). The summed E-state index contributed by atoms with van der Waals surface area (Å²) in [5.41, 5.74) is 1.46. The number of halogens is 3. The molecule has 0 aliphatic rings. The Labute approximate surface area is 191 Å². The van der Waals surface area contributed by atoms with Gasteiger partial charge in [-0.25, -0.2) is 23.1 Å². The van der Waals surface area contributed by atoms with Crippen LogP contribution in [0.1, 0.15) is 21.8 Å². The molecule has 168 valence electrons. The standard InChI is InChI=1S/C20H17F3N4O2S3/c1-12-17(18-11-31-13(2)27-18)8-14(10-24)19(26-12)30-7-6-25-32(28,29)16-5-3-4-15(9-16)20(21,22)23/h3-5,8-9,11,25H,6-7H2,1-2H3. The van der Waals surface area contributed by atoms with Crippen LogP contribution in [0.4, 0.5) is 13.2 Å². The van der Waals surface area contributed by atoms with Gasteiger partial charge in [0.1, 0.15) is 11.1 Å². The second kappa shape index (κ2) is 9.58. The number of benzene rings is 1. The molecule has 0 bridgehead atoms. The molecule has 1 N–H and O–H groups in total. The molecular formula is C20H17F3N4O2S3. The van der Waals surface area contributed by atoms with Crippen molar-refractivity contribution < 1.29 is 21.6 Å². The van der Waals surface area contributed by atoms with Gasteiger partial charge >= 0.3 is 6.18 Å². The third-order valence-electron chi connectivity index (χ3n) is 4.30. The van der Waals surface area contributed by atoms with Crippen LogP contribution in [0.3, 0.4) is 0 Å². The van der Waals surface area contributed by atoms with E-state index in [1.165, 1.54) is 23.1 Å². The summed E-state index contributed by atoms with van der Waals surface area (Å²) in [6.07, 6.45) is -4.64. The van der Waals surface area contributed by atoms with E-state index in [1.807, 2.05) is 12.3 Å². The molecule has 1 aromatic carbocycles. The van der Waals surface area contributed by atoms with Gasteiger partial charge < -0.3 is 0 Å². The lowest BCUT2D eigenvalue weighted by atomic mass is 10.1. The van der Waals surface area contributed by atoms with Gasteiger partial charge in [0, 0.05) is 28.9 Å². The number of thiazole rings is 1. The third kappa shape index (κ3) is 5.66. The number of nitrogens with zero attached hydrogens (tertiary/aromatic N) is 3. The van der Waals surface area contributed by atoms with Crippen LogP contribution in [-0.2, 0) is 16.2 Å². The molecular weight excluding hydrogens is 481 g/mol.